The molecule has 2 aromatic rings. The number of aromatic nitrogens is 1. The average Bonchev–Trinajstić information content (AvgIpc) is 3.16. The van der Waals surface area contributed by atoms with E-state index in [1.807, 2.05) is 6.92 Å². The molecule has 0 unspecified atom stereocenters. The number of hydrogen-bond acceptors (Lipinski definition) is 4. The molecule has 0 spiro atoms. The molecule has 1 aliphatic heterocycles. The van der Waals surface area contributed by atoms with Gasteiger partial charge in [0.05, 0.1) is 5.69 Å². The molecule has 32 heavy (non-hydrogen) atoms. The van der Waals surface area contributed by atoms with Crippen LogP contribution in [0.25, 0.3) is 11.5 Å². The maximum Gasteiger partial charge on any atom is 0.226 e. The molecule has 2 fully saturated rings. The second-order valence-electron chi connectivity index (χ2n) is 9.67. The SMILES string of the molecule is CCc1ccc(-c2nc(CN3CCC(C(=O)NC4CCCCCCC4)CC3)c(C)o2)cc1. The maximum absolute atomic E-state index is 12.8. The van der Waals surface area contributed by atoms with Crippen molar-refractivity contribution in [3.8, 4) is 11.5 Å². The zero-order valence-electron chi connectivity index (χ0n) is 19.9. The Morgan fingerprint density at radius 2 is 1.69 bits per heavy atom. The van der Waals surface area contributed by atoms with Crippen molar-refractivity contribution >= 4 is 5.91 Å². The summed E-state index contributed by atoms with van der Waals surface area (Å²) in [6, 6.07) is 8.85. The lowest BCUT2D eigenvalue weighted by Gasteiger charge is -2.32. The Bertz CT molecular complexity index is 858. The first-order chi connectivity index (χ1) is 15.6. The van der Waals surface area contributed by atoms with Gasteiger partial charge in [0.15, 0.2) is 0 Å². The number of carbonyl (C=O) groups excluding carboxylic acids is 1. The molecule has 2 heterocycles. The first-order valence-corrected chi connectivity index (χ1v) is 12.7. The molecule has 1 saturated heterocycles. The molecule has 1 aromatic heterocycles. The summed E-state index contributed by atoms with van der Waals surface area (Å²) in [5.74, 6) is 2.03. The Morgan fingerprint density at radius 3 is 2.34 bits per heavy atom. The van der Waals surface area contributed by atoms with Gasteiger partial charge >= 0.3 is 0 Å². The van der Waals surface area contributed by atoms with Gasteiger partial charge in [-0.1, -0.05) is 51.2 Å². The van der Waals surface area contributed by atoms with E-state index in [4.69, 9.17) is 9.40 Å². The molecule has 1 aromatic carbocycles. The summed E-state index contributed by atoms with van der Waals surface area (Å²) >= 11 is 0. The Labute approximate surface area is 193 Å². The van der Waals surface area contributed by atoms with Crippen LogP contribution in [0.1, 0.15) is 81.7 Å². The van der Waals surface area contributed by atoms with E-state index in [2.05, 4.69) is 41.4 Å². The standard InChI is InChI=1S/C27H39N3O2/c1-3-21-11-13-23(14-12-21)27-29-25(20(2)32-27)19-30-17-15-22(16-18-30)26(31)28-24-9-7-5-4-6-8-10-24/h11-14,22,24H,3-10,15-19H2,1-2H3,(H,28,31). The fraction of sp³-hybridized carbons (Fsp3) is 0.630. The van der Waals surface area contributed by atoms with E-state index in [0.717, 1.165) is 68.8 Å². The summed E-state index contributed by atoms with van der Waals surface area (Å²) in [7, 11) is 0. The Morgan fingerprint density at radius 1 is 1.03 bits per heavy atom. The van der Waals surface area contributed by atoms with Crippen LogP contribution in [0.15, 0.2) is 28.7 Å². The molecule has 0 bridgehead atoms. The molecule has 1 N–H and O–H groups in total. The number of likely N-dealkylation sites (tertiary alicyclic amines) is 1. The van der Waals surface area contributed by atoms with Crippen molar-refractivity contribution < 1.29 is 9.21 Å². The number of nitrogens with one attached hydrogen (secondary N) is 1. The summed E-state index contributed by atoms with van der Waals surface area (Å²) in [5.41, 5.74) is 3.36. The lowest BCUT2D eigenvalue weighted by atomic mass is 9.93. The van der Waals surface area contributed by atoms with E-state index >= 15 is 0 Å². The van der Waals surface area contributed by atoms with Gasteiger partial charge in [-0.3, -0.25) is 9.69 Å². The number of benzene rings is 1. The number of aryl methyl sites for hydroxylation is 2. The minimum absolute atomic E-state index is 0.155. The van der Waals surface area contributed by atoms with Gasteiger partial charge < -0.3 is 9.73 Å². The Kier molecular flexibility index (Phi) is 8.01. The van der Waals surface area contributed by atoms with Gasteiger partial charge in [-0.25, -0.2) is 4.98 Å². The van der Waals surface area contributed by atoms with Crippen molar-refractivity contribution in [2.75, 3.05) is 13.1 Å². The van der Waals surface area contributed by atoms with E-state index in [1.165, 1.54) is 37.7 Å². The van der Waals surface area contributed by atoms with Crippen molar-refractivity contribution in [3.63, 3.8) is 0 Å². The third-order valence-electron chi connectivity index (χ3n) is 7.29. The minimum atomic E-state index is 0.155. The zero-order valence-corrected chi connectivity index (χ0v) is 19.9. The van der Waals surface area contributed by atoms with Crippen molar-refractivity contribution in [1.29, 1.82) is 0 Å². The molecular formula is C27H39N3O2. The van der Waals surface area contributed by atoms with Gasteiger partial charge in [0, 0.05) is 24.1 Å². The van der Waals surface area contributed by atoms with Gasteiger partial charge in [-0.05, 0) is 69.8 Å². The predicted octanol–water partition coefficient (Wildman–Crippen LogP) is 5.65. The van der Waals surface area contributed by atoms with Crippen LogP contribution >= 0.6 is 0 Å². The van der Waals surface area contributed by atoms with Gasteiger partial charge in [0.1, 0.15) is 5.76 Å². The van der Waals surface area contributed by atoms with Crippen molar-refractivity contribution in [3.05, 3.63) is 41.3 Å². The molecule has 1 saturated carbocycles. The van der Waals surface area contributed by atoms with Gasteiger partial charge in [0.25, 0.3) is 0 Å². The number of rotatable bonds is 6. The molecule has 2 aliphatic rings. The monoisotopic (exact) mass is 437 g/mol. The topological polar surface area (TPSA) is 58.4 Å². The van der Waals surface area contributed by atoms with Crippen LogP contribution in [-0.2, 0) is 17.8 Å². The van der Waals surface area contributed by atoms with Crippen LogP contribution in [-0.4, -0.2) is 34.9 Å². The summed E-state index contributed by atoms with van der Waals surface area (Å²) in [4.78, 5) is 20.0. The van der Waals surface area contributed by atoms with E-state index in [-0.39, 0.29) is 11.8 Å². The first kappa shape index (κ1) is 23.0. The third-order valence-corrected chi connectivity index (χ3v) is 7.29. The van der Waals surface area contributed by atoms with Crippen molar-refractivity contribution in [2.45, 2.75) is 90.6 Å². The number of nitrogens with zero attached hydrogens (tertiary/aromatic N) is 2. The van der Waals surface area contributed by atoms with Crippen LogP contribution in [0, 0.1) is 12.8 Å². The zero-order chi connectivity index (χ0) is 22.3. The normalized spacial score (nSPS) is 19.4. The lowest BCUT2D eigenvalue weighted by Crippen LogP contribution is -2.43. The van der Waals surface area contributed by atoms with Crippen molar-refractivity contribution in [2.24, 2.45) is 5.92 Å². The number of carbonyl (C=O) groups is 1. The van der Waals surface area contributed by atoms with Gasteiger partial charge in [-0.2, -0.15) is 0 Å². The molecular weight excluding hydrogens is 398 g/mol. The van der Waals surface area contributed by atoms with E-state index in [0.29, 0.717) is 11.9 Å². The number of hydrogen-bond donors (Lipinski definition) is 1. The molecule has 0 atom stereocenters. The van der Waals surface area contributed by atoms with E-state index < -0.39 is 0 Å². The van der Waals surface area contributed by atoms with Gasteiger partial charge in [-0.15, -0.1) is 0 Å². The molecule has 1 aliphatic carbocycles. The molecule has 174 valence electrons. The summed E-state index contributed by atoms with van der Waals surface area (Å²) in [5, 5.41) is 3.37. The fourth-order valence-electron chi connectivity index (χ4n) is 5.07. The largest absolute Gasteiger partial charge is 0.441 e. The highest BCUT2D eigenvalue weighted by Crippen LogP contribution is 2.25. The van der Waals surface area contributed by atoms with Gasteiger partial charge in [0.2, 0.25) is 11.8 Å². The summed E-state index contributed by atoms with van der Waals surface area (Å²) in [6.07, 6.45) is 11.7. The number of amides is 1. The van der Waals surface area contributed by atoms with Crippen molar-refractivity contribution in [1.82, 2.24) is 15.2 Å². The third kappa shape index (κ3) is 6.00. The van der Waals surface area contributed by atoms with Crippen LogP contribution in [0.3, 0.4) is 0 Å². The first-order valence-electron chi connectivity index (χ1n) is 12.7. The molecule has 1 amide bonds. The van der Waals surface area contributed by atoms with Crippen LogP contribution < -0.4 is 5.32 Å². The lowest BCUT2D eigenvalue weighted by molar-refractivity contribution is -0.127. The predicted molar refractivity (Wildman–Crippen MR) is 128 cm³/mol. The quantitative estimate of drug-likeness (QED) is 0.634. The fourth-order valence-corrected chi connectivity index (χ4v) is 5.07. The summed E-state index contributed by atoms with van der Waals surface area (Å²) in [6.45, 7) is 6.83. The van der Waals surface area contributed by atoms with Crippen LogP contribution in [0.2, 0.25) is 0 Å². The highest BCUT2D eigenvalue weighted by atomic mass is 16.4. The van der Waals surface area contributed by atoms with Crippen LogP contribution in [0.5, 0.6) is 0 Å². The maximum atomic E-state index is 12.8. The summed E-state index contributed by atoms with van der Waals surface area (Å²) < 4.78 is 5.98. The molecule has 4 rings (SSSR count). The second-order valence-corrected chi connectivity index (χ2v) is 9.67. The highest BCUT2D eigenvalue weighted by molar-refractivity contribution is 5.79. The van der Waals surface area contributed by atoms with E-state index in [1.54, 1.807) is 0 Å². The molecule has 5 heteroatoms. The highest BCUT2D eigenvalue weighted by Gasteiger charge is 2.27. The Hall–Kier alpha value is -2.14. The molecule has 5 nitrogen and oxygen atoms in total. The number of piperidine rings is 1. The smallest absolute Gasteiger partial charge is 0.226 e. The van der Waals surface area contributed by atoms with E-state index in [9.17, 15) is 4.79 Å². The molecule has 0 radical (unpaired) electrons. The van der Waals surface area contributed by atoms with Crippen LogP contribution in [0.4, 0.5) is 0 Å². The average molecular weight is 438 g/mol. The Balaban J connectivity index is 1.27. The minimum Gasteiger partial charge on any atom is -0.441 e. The number of oxazole rings is 1. The second kappa shape index (κ2) is 11.1.